The molecule has 0 heterocycles. The molecule has 0 aliphatic heterocycles. The van der Waals surface area contributed by atoms with Gasteiger partial charge in [0.25, 0.3) is 0 Å². The third-order valence-electron chi connectivity index (χ3n) is 2.18. The Morgan fingerprint density at radius 1 is 1.17 bits per heavy atom. The molecular weight excluding hydrogens is 265 g/mol. The van der Waals surface area contributed by atoms with Gasteiger partial charge in [0.2, 0.25) is 0 Å². The molecule has 0 aliphatic carbocycles. The van der Waals surface area contributed by atoms with E-state index < -0.39 is 5.51 Å². The maximum Gasteiger partial charge on any atom is 0.446 e. The number of unbranched alkanes of at least 4 members (excludes halogenated alkanes) is 1. The molecule has 0 spiro atoms. The van der Waals surface area contributed by atoms with Crippen LogP contribution in [0.2, 0.25) is 0 Å². The summed E-state index contributed by atoms with van der Waals surface area (Å²) >= 11 is -0.119. The summed E-state index contributed by atoms with van der Waals surface area (Å²) in [5.74, 6) is 0. The molecule has 2 nitrogen and oxygen atoms in total. The van der Waals surface area contributed by atoms with Gasteiger partial charge in [-0.2, -0.15) is 13.2 Å². The van der Waals surface area contributed by atoms with Crippen molar-refractivity contribution in [3.8, 4) is 0 Å². The molecule has 1 aromatic carbocycles. The molecule has 18 heavy (non-hydrogen) atoms. The Morgan fingerprint density at radius 3 is 2.39 bits per heavy atom. The molecule has 0 aromatic heterocycles. The second-order valence-electron chi connectivity index (χ2n) is 3.58. The van der Waals surface area contributed by atoms with Crippen LogP contribution >= 0.6 is 11.8 Å². The van der Waals surface area contributed by atoms with Gasteiger partial charge < -0.3 is 4.74 Å². The molecule has 99 valence electrons. The highest BCUT2D eigenvalue weighted by atomic mass is 32.2. The van der Waals surface area contributed by atoms with E-state index in [1.165, 1.54) is 18.6 Å². The van der Waals surface area contributed by atoms with Gasteiger partial charge in [-0.3, -0.25) is 0 Å². The van der Waals surface area contributed by atoms with Crippen LogP contribution in [-0.2, 0) is 16.0 Å². The third-order valence-corrected chi connectivity index (χ3v) is 2.92. The Balaban J connectivity index is 2.34. The Hall–Kier alpha value is -1.17. The van der Waals surface area contributed by atoms with E-state index in [0.717, 1.165) is 18.4 Å². The fraction of sp³-hybridized carbons (Fsp3) is 0.417. The topological polar surface area (TPSA) is 26.3 Å². The fourth-order valence-corrected chi connectivity index (χ4v) is 1.94. The van der Waals surface area contributed by atoms with E-state index in [2.05, 4.69) is 4.74 Å². The molecule has 0 saturated heterocycles. The van der Waals surface area contributed by atoms with Gasteiger partial charge in [-0.05, 0) is 48.7 Å². The zero-order valence-corrected chi connectivity index (χ0v) is 10.3. The monoisotopic (exact) mass is 277 g/mol. The highest BCUT2D eigenvalue weighted by Gasteiger charge is 2.28. The summed E-state index contributed by atoms with van der Waals surface area (Å²) in [5, 5.41) is 0. The van der Waals surface area contributed by atoms with Gasteiger partial charge in [0.05, 0.1) is 6.61 Å². The molecular formula is C12H12F3O2S. The van der Waals surface area contributed by atoms with Gasteiger partial charge in [-0.1, -0.05) is 12.1 Å². The average Bonchev–Trinajstić information content (AvgIpc) is 2.29. The Bertz CT molecular complexity index is 363. The van der Waals surface area contributed by atoms with Crippen LogP contribution < -0.4 is 0 Å². The maximum atomic E-state index is 12.1. The van der Waals surface area contributed by atoms with Crippen LogP contribution in [0.3, 0.4) is 0 Å². The fourth-order valence-electron chi connectivity index (χ4n) is 1.40. The molecule has 0 bridgehead atoms. The van der Waals surface area contributed by atoms with E-state index in [0.29, 0.717) is 13.0 Å². The summed E-state index contributed by atoms with van der Waals surface area (Å²) < 4.78 is 40.7. The summed E-state index contributed by atoms with van der Waals surface area (Å²) in [6, 6.07) is 6.29. The van der Waals surface area contributed by atoms with Crippen LogP contribution in [0.15, 0.2) is 29.2 Å². The number of ether oxygens (including phenoxy) is 1. The lowest BCUT2D eigenvalue weighted by Gasteiger charge is -2.06. The van der Waals surface area contributed by atoms with Crippen molar-refractivity contribution in [3.63, 3.8) is 0 Å². The molecule has 1 rings (SSSR count). The van der Waals surface area contributed by atoms with E-state index in [-0.39, 0.29) is 16.7 Å². The summed E-state index contributed by atoms with van der Waals surface area (Å²) in [6.07, 6.45) is 2.28. The standard InChI is InChI=1S/C12H12F3O2S/c13-12(14,15)18-11-6-4-10(5-7-11)3-1-2-8-17-9-16/h4-7H,1-3,8H2. The van der Waals surface area contributed by atoms with Gasteiger partial charge in [0.15, 0.2) is 0 Å². The summed E-state index contributed by atoms with van der Waals surface area (Å²) in [4.78, 5) is 9.93. The number of hydrogen-bond donors (Lipinski definition) is 0. The van der Waals surface area contributed by atoms with E-state index in [4.69, 9.17) is 0 Å². The van der Waals surface area contributed by atoms with Crippen LogP contribution in [0, 0.1) is 0 Å². The molecule has 0 N–H and O–H groups in total. The molecule has 1 radical (unpaired) electrons. The maximum absolute atomic E-state index is 12.1. The van der Waals surface area contributed by atoms with Crippen molar-refractivity contribution in [1.29, 1.82) is 0 Å². The molecule has 0 atom stereocenters. The third kappa shape index (κ3) is 6.54. The van der Waals surface area contributed by atoms with Crippen LogP contribution in [0.5, 0.6) is 0 Å². The SMILES string of the molecule is O=[C]OCCCCc1ccc(SC(F)(F)F)cc1. The van der Waals surface area contributed by atoms with E-state index in [1.807, 2.05) is 0 Å². The number of alkyl halides is 3. The molecule has 0 unspecified atom stereocenters. The van der Waals surface area contributed by atoms with Gasteiger partial charge in [-0.25, -0.2) is 4.79 Å². The van der Waals surface area contributed by atoms with Gasteiger partial charge in [0, 0.05) is 4.90 Å². The van der Waals surface area contributed by atoms with Crippen LogP contribution in [0.4, 0.5) is 13.2 Å². The van der Waals surface area contributed by atoms with Crippen molar-refractivity contribution in [2.75, 3.05) is 6.61 Å². The highest BCUT2D eigenvalue weighted by Crippen LogP contribution is 2.36. The second kappa shape index (κ2) is 7.31. The van der Waals surface area contributed by atoms with Crippen LogP contribution in [0.25, 0.3) is 0 Å². The zero-order valence-electron chi connectivity index (χ0n) is 9.50. The average molecular weight is 277 g/mol. The van der Waals surface area contributed by atoms with Crippen molar-refractivity contribution in [2.45, 2.75) is 29.7 Å². The minimum absolute atomic E-state index is 0.119. The van der Waals surface area contributed by atoms with Crippen molar-refractivity contribution < 1.29 is 22.7 Å². The minimum atomic E-state index is -4.25. The molecule has 6 heteroatoms. The van der Waals surface area contributed by atoms with Gasteiger partial charge >= 0.3 is 12.0 Å². The number of aryl methyl sites for hydroxylation is 1. The summed E-state index contributed by atoms with van der Waals surface area (Å²) in [7, 11) is 0. The molecule has 1 aromatic rings. The van der Waals surface area contributed by atoms with E-state index >= 15 is 0 Å². The highest BCUT2D eigenvalue weighted by molar-refractivity contribution is 8.00. The Kier molecular flexibility index (Phi) is 6.04. The van der Waals surface area contributed by atoms with Crippen molar-refractivity contribution in [2.24, 2.45) is 0 Å². The van der Waals surface area contributed by atoms with Crippen molar-refractivity contribution >= 4 is 18.2 Å². The molecule has 0 fully saturated rings. The first-order valence-corrected chi connectivity index (χ1v) is 6.16. The van der Waals surface area contributed by atoms with Gasteiger partial charge in [0.1, 0.15) is 0 Å². The Labute approximate surface area is 108 Å². The molecule has 0 amide bonds. The minimum Gasteiger partial charge on any atom is -0.457 e. The molecule has 0 aliphatic rings. The predicted molar refractivity (Wildman–Crippen MR) is 62.9 cm³/mol. The van der Waals surface area contributed by atoms with E-state index in [9.17, 15) is 18.0 Å². The number of carbonyl (C=O) groups excluding carboxylic acids is 1. The lowest BCUT2D eigenvalue weighted by Crippen LogP contribution is -1.99. The lowest BCUT2D eigenvalue weighted by atomic mass is 10.1. The number of rotatable bonds is 7. The molecule has 0 saturated carbocycles. The van der Waals surface area contributed by atoms with Crippen LogP contribution in [0.1, 0.15) is 18.4 Å². The summed E-state index contributed by atoms with van der Waals surface area (Å²) in [6.45, 7) is 1.66. The lowest BCUT2D eigenvalue weighted by molar-refractivity contribution is -0.0328. The first-order valence-electron chi connectivity index (χ1n) is 5.35. The smallest absolute Gasteiger partial charge is 0.446 e. The predicted octanol–water partition coefficient (Wildman–Crippen LogP) is 3.71. The normalized spacial score (nSPS) is 11.3. The van der Waals surface area contributed by atoms with Crippen molar-refractivity contribution in [1.82, 2.24) is 0 Å². The zero-order chi connectivity index (χ0) is 13.4. The number of benzene rings is 1. The first-order chi connectivity index (χ1) is 8.51. The summed E-state index contributed by atoms with van der Waals surface area (Å²) in [5.41, 5.74) is -3.28. The number of halogens is 3. The van der Waals surface area contributed by atoms with E-state index in [1.54, 1.807) is 12.1 Å². The largest absolute Gasteiger partial charge is 0.457 e. The first kappa shape index (κ1) is 14.9. The second-order valence-corrected chi connectivity index (χ2v) is 4.72. The van der Waals surface area contributed by atoms with Crippen molar-refractivity contribution in [3.05, 3.63) is 29.8 Å². The van der Waals surface area contributed by atoms with Crippen LogP contribution in [-0.4, -0.2) is 18.6 Å². The number of thioether (sulfide) groups is 1. The Morgan fingerprint density at radius 2 is 1.83 bits per heavy atom. The van der Waals surface area contributed by atoms with Gasteiger partial charge in [-0.15, -0.1) is 0 Å². The quantitative estimate of drug-likeness (QED) is 0.561. The number of hydrogen-bond acceptors (Lipinski definition) is 3.